The number of carbonyl (C=O) groups excluding carboxylic acids is 1. The van der Waals surface area contributed by atoms with Gasteiger partial charge in [0, 0.05) is 12.6 Å². The summed E-state index contributed by atoms with van der Waals surface area (Å²) in [5, 5.41) is 2.78. The van der Waals surface area contributed by atoms with E-state index in [-0.39, 0.29) is 24.7 Å². The molecule has 0 aromatic rings. The van der Waals surface area contributed by atoms with Crippen LogP contribution in [0.25, 0.3) is 0 Å². The van der Waals surface area contributed by atoms with Crippen molar-refractivity contribution in [2.45, 2.75) is 51.2 Å². The molecule has 0 aliphatic heterocycles. The first-order chi connectivity index (χ1) is 7.22. The van der Waals surface area contributed by atoms with E-state index in [9.17, 15) is 4.79 Å². The van der Waals surface area contributed by atoms with E-state index < -0.39 is 0 Å². The topological polar surface area (TPSA) is 64.3 Å². The average molecular weight is 214 g/mol. The summed E-state index contributed by atoms with van der Waals surface area (Å²) in [6.07, 6.45) is 6.24. The molecule has 0 bridgehead atoms. The number of rotatable bonds is 5. The van der Waals surface area contributed by atoms with Crippen LogP contribution in [0.5, 0.6) is 0 Å². The van der Waals surface area contributed by atoms with Crippen molar-refractivity contribution >= 4 is 5.91 Å². The van der Waals surface area contributed by atoms with Gasteiger partial charge in [0.2, 0.25) is 5.91 Å². The van der Waals surface area contributed by atoms with Gasteiger partial charge in [-0.3, -0.25) is 4.79 Å². The molecule has 1 aliphatic carbocycles. The number of carbonyl (C=O) groups is 1. The van der Waals surface area contributed by atoms with E-state index in [2.05, 4.69) is 5.32 Å². The molecule has 1 rings (SSSR count). The van der Waals surface area contributed by atoms with Gasteiger partial charge in [-0.15, -0.1) is 0 Å². The first-order valence-corrected chi connectivity index (χ1v) is 5.83. The van der Waals surface area contributed by atoms with E-state index >= 15 is 0 Å². The van der Waals surface area contributed by atoms with Crippen LogP contribution >= 0.6 is 0 Å². The Morgan fingerprint density at radius 3 is 2.73 bits per heavy atom. The Balaban J connectivity index is 2.10. The normalized spacial score (nSPS) is 19.9. The second-order valence-electron chi connectivity index (χ2n) is 4.28. The van der Waals surface area contributed by atoms with Crippen LogP contribution in [-0.4, -0.2) is 31.2 Å². The standard InChI is InChI=1S/C11H22N2O2/c1-9(7-12)13-11(14)8-15-10-5-3-2-4-6-10/h9-10H,2-8,12H2,1H3,(H,13,14)/t9-/m0/s1. The molecule has 88 valence electrons. The van der Waals surface area contributed by atoms with Gasteiger partial charge in [-0.2, -0.15) is 0 Å². The lowest BCUT2D eigenvalue weighted by Gasteiger charge is -2.22. The highest BCUT2D eigenvalue weighted by molar-refractivity contribution is 5.77. The van der Waals surface area contributed by atoms with Crippen LogP contribution in [0, 0.1) is 0 Å². The maximum atomic E-state index is 11.4. The van der Waals surface area contributed by atoms with E-state index in [1.54, 1.807) is 0 Å². The van der Waals surface area contributed by atoms with Gasteiger partial charge in [0.05, 0.1) is 6.10 Å². The Kier molecular flexibility index (Phi) is 5.65. The monoisotopic (exact) mass is 214 g/mol. The summed E-state index contributed by atoms with van der Waals surface area (Å²) < 4.78 is 5.54. The Hall–Kier alpha value is -0.610. The van der Waals surface area contributed by atoms with Gasteiger partial charge in [0.25, 0.3) is 0 Å². The van der Waals surface area contributed by atoms with Crippen LogP contribution < -0.4 is 11.1 Å². The maximum absolute atomic E-state index is 11.4. The molecule has 3 N–H and O–H groups in total. The number of ether oxygens (including phenoxy) is 1. The molecular weight excluding hydrogens is 192 g/mol. The third-order valence-electron chi connectivity index (χ3n) is 2.76. The van der Waals surface area contributed by atoms with Crippen LogP contribution in [-0.2, 0) is 9.53 Å². The molecule has 0 radical (unpaired) electrons. The van der Waals surface area contributed by atoms with E-state index in [1.807, 2.05) is 6.92 Å². The lowest BCUT2D eigenvalue weighted by atomic mass is 9.98. The molecule has 1 aliphatic rings. The van der Waals surface area contributed by atoms with Gasteiger partial charge in [-0.25, -0.2) is 0 Å². The summed E-state index contributed by atoms with van der Waals surface area (Å²) in [5.74, 6) is -0.0569. The molecule has 1 atom stereocenters. The van der Waals surface area contributed by atoms with Crippen LogP contribution in [0.2, 0.25) is 0 Å². The Labute approximate surface area is 91.5 Å². The largest absolute Gasteiger partial charge is 0.368 e. The number of hydrogen-bond donors (Lipinski definition) is 2. The molecule has 1 saturated carbocycles. The van der Waals surface area contributed by atoms with Crippen molar-refractivity contribution in [2.75, 3.05) is 13.2 Å². The summed E-state index contributed by atoms with van der Waals surface area (Å²) in [4.78, 5) is 11.4. The zero-order valence-electron chi connectivity index (χ0n) is 9.50. The highest BCUT2D eigenvalue weighted by Gasteiger charge is 2.15. The fourth-order valence-electron chi connectivity index (χ4n) is 1.80. The minimum absolute atomic E-state index is 0.0347. The average Bonchev–Trinajstić information content (AvgIpc) is 2.27. The van der Waals surface area contributed by atoms with Gasteiger partial charge >= 0.3 is 0 Å². The Morgan fingerprint density at radius 2 is 2.13 bits per heavy atom. The fourth-order valence-corrected chi connectivity index (χ4v) is 1.80. The Morgan fingerprint density at radius 1 is 1.47 bits per heavy atom. The smallest absolute Gasteiger partial charge is 0.246 e. The maximum Gasteiger partial charge on any atom is 0.246 e. The van der Waals surface area contributed by atoms with Crippen molar-refractivity contribution < 1.29 is 9.53 Å². The third kappa shape index (κ3) is 5.14. The predicted octanol–water partition coefficient (Wildman–Crippen LogP) is 0.799. The summed E-state index contributed by atoms with van der Waals surface area (Å²) >= 11 is 0. The molecular formula is C11H22N2O2. The minimum Gasteiger partial charge on any atom is -0.368 e. The van der Waals surface area contributed by atoms with E-state index in [0.29, 0.717) is 6.54 Å². The zero-order chi connectivity index (χ0) is 11.1. The molecule has 1 amide bonds. The summed E-state index contributed by atoms with van der Waals surface area (Å²) in [7, 11) is 0. The van der Waals surface area contributed by atoms with Gasteiger partial charge in [-0.1, -0.05) is 19.3 Å². The van der Waals surface area contributed by atoms with E-state index in [4.69, 9.17) is 10.5 Å². The molecule has 4 heteroatoms. The third-order valence-corrected chi connectivity index (χ3v) is 2.76. The molecule has 0 aromatic heterocycles. The lowest BCUT2D eigenvalue weighted by Crippen LogP contribution is -2.40. The molecule has 15 heavy (non-hydrogen) atoms. The first-order valence-electron chi connectivity index (χ1n) is 5.83. The fraction of sp³-hybridized carbons (Fsp3) is 0.909. The highest BCUT2D eigenvalue weighted by Crippen LogP contribution is 2.19. The molecule has 0 unspecified atom stereocenters. The summed E-state index contributed by atoms with van der Waals surface area (Å²) in [6, 6.07) is 0.0347. The molecule has 0 aromatic carbocycles. The number of amides is 1. The van der Waals surface area contributed by atoms with Crippen molar-refractivity contribution in [2.24, 2.45) is 5.73 Å². The van der Waals surface area contributed by atoms with Crippen LogP contribution in [0.1, 0.15) is 39.0 Å². The van der Waals surface area contributed by atoms with Gasteiger partial charge in [-0.05, 0) is 19.8 Å². The summed E-state index contributed by atoms with van der Waals surface area (Å²) in [6.45, 7) is 2.53. The van der Waals surface area contributed by atoms with E-state index in [0.717, 1.165) is 12.8 Å². The predicted molar refractivity (Wildman–Crippen MR) is 59.5 cm³/mol. The zero-order valence-corrected chi connectivity index (χ0v) is 9.50. The van der Waals surface area contributed by atoms with E-state index in [1.165, 1.54) is 19.3 Å². The van der Waals surface area contributed by atoms with Crippen molar-refractivity contribution in [3.63, 3.8) is 0 Å². The number of hydrogen-bond acceptors (Lipinski definition) is 3. The molecule has 1 fully saturated rings. The SMILES string of the molecule is C[C@@H](CN)NC(=O)COC1CCCCC1. The first kappa shape index (κ1) is 12.5. The Bertz CT molecular complexity index is 191. The van der Waals surface area contributed by atoms with Crippen molar-refractivity contribution in [3.05, 3.63) is 0 Å². The number of nitrogens with one attached hydrogen (secondary N) is 1. The van der Waals surface area contributed by atoms with Crippen LogP contribution in [0.4, 0.5) is 0 Å². The van der Waals surface area contributed by atoms with Crippen molar-refractivity contribution in [1.29, 1.82) is 0 Å². The molecule has 0 saturated heterocycles. The second kappa shape index (κ2) is 6.80. The van der Waals surface area contributed by atoms with Crippen LogP contribution in [0.15, 0.2) is 0 Å². The van der Waals surface area contributed by atoms with Gasteiger partial charge in [0.1, 0.15) is 6.61 Å². The molecule has 0 spiro atoms. The molecule has 4 nitrogen and oxygen atoms in total. The lowest BCUT2D eigenvalue weighted by molar-refractivity contribution is -0.128. The highest BCUT2D eigenvalue weighted by atomic mass is 16.5. The molecule has 0 heterocycles. The number of nitrogens with two attached hydrogens (primary N) is 1. The second-order valence-corrected chi connectivity index (χ2v) is 4.28. The van der Waals surface area contributed by atoms with Crippen molar-refractivity contribution in [3.8, 4) is 0 Å². The minimum atomic E-state index is -0.0569. The van der Waals surface area contributed by atoms with Gasteiger partial charge < -0.3 is 15.8 Å². The quantitative estimate of drug-likeness (QED) is 0.711. The summed E-state index contributed by atoms with van der Waals surface area (Å²) in [5.41, 5.74) is 5.40. The van der Waals surface area contributed by atoms with Crippen molar-refractivity contribution in [1.82, 2.24) is 5.32 Å². The van der Waals surface area contributed by atoms with Gasteiger partial charge in [0.15, 0.2) is 0 Å². The van der Waals surface area contributed by atoms with Crippen LogP contribution in [0.3, 0.4) is 0 Å².